The number of ether oxygens (including phenoxy) is 1. The highest BCUT2D eigenvalue weighted by Crippen LogP contribution is 2.35. The minimum absolute atomic E-state index is 0.0851. The van der Waals surface area contributed by atoms with Crippen LogP contribution >= 0.6 is 35.4 Å². The maximum atomic E-state index is 13.4. The van der Waals surface area contributed by atoms with E-state index in [1.165, 1.54) is 13.2 Å². The van der Waals surface area contributed by atoms with Crippen LogP contribution in [0, 0.1) is 20.8 Å². The molecule has 0 saturated carbocycles. The first-order chi connectivity index (χ1) is 17.0. The molecule has 0 aliphatic carbocycles. The van der Waals surface area contributed by atoms with E-state index in [0.717, 1.165) is 27.5 Å². The highest BCUT2D eigenvalue weighted by Gasteiger charge is 2.36. The van der Waals surface area contributed by atoms with Gasteiger partial charge in [0.2, 0.25) is 0 Å². The van der Waals surface area contributed by atoms with Gasteiger partial charge in [-0.15, -0.1) is 0 Å². The third-order valence-electron chi connectivity index (χ3n) is 5.90. The first kappa shape index (κ1) is 25.6. The van der Waals surface area contributed by atoms with Crippen LogP contribution in [0.15, 0.2) is 48.0 Å². The van der Waals surface area contributed by atoms with Crippen molar-refractivity contribution in [2.24, 2.45) is 0 Å². The lowest BCUT2D eigenvalue weighted by atomic mass is 10.1. The second-order valence-corrected chi connectivity index (χ2v) is 9.36. The summed E-state index contributed by atoms with van der Waals surface area (Å²) in [6.07, 6.45) is 1.53. The number of rotatable bonds is 4. The number of thiocarbonyl (C=S) groups is 1. The molecule has 0 radical (unpaired) electrons. The molecule has 1 fully saturated rings. The summed E-state index contributed by atoms with van der Waals surface area (Å²) in [6, 6.07) is 12.0. The average Bonchev–Trinajstić information content (AvgIpc) is 3.11. The highest BCUT2D eigenvalue weighted by atomic mass is 35.5. The van der Waals surface area contributed by atoms with Gasteiger partial charge >= 0.3 is 5.97 Å². The number of aromatic nitrogens is 1. The fourth-order valence-corrected chi connectivity index (χ4v) is 4.81. The molecule has 2 aromatic carbocycles. The SMILES string of the molecule is COC(=O)c1ccc(-n2c(C)cc(/C=C3/C(=O)NC(=S)N(c4cccc(Cl)c4Cl)C3=O)c2C)c(C)c1. The Morgan fingerprint density at radius 3 is 2.44 bits per heavy atom. The number of anilines is 1. The van der Waals surface area contributed by atoms with Gasteiger partial charge in [0.1, 0.15) is 5.57 Å². The van der Waals surface area contributed by atoms with E-state index in [1.807, 2.05) is 37.5 Å². The number of hydrogen-bond acceptors (Lipinski definition) is 5. The predicted molar refractivity (Wildman–Crippen MR) is 144 cm³/mol. The van der Waals surface area contributed by atoms with Crippen LogP contribution in [-0.4, -0.2) is 34.6 Å². The molecule has 7 nitrogen and oxygen atoms in total. The number of benzene rings is 2. The molecule has 3 aromatic rings. The van der Waals surface area contributed by atoms with Crippen LogP contribution in [0.2, 0.25) is 10.0 Å². The van der Waals surface area contributed by atoms with E-state index in [1.54, 1.807) is 30.3 Å². The average molecular weight is 542 g/mol. The second kappa shape index (κ2) is 9.89. The zero-order valence-corrected chi connectivity index (χ0v) is 22.1. The minimum Gasteiger partial charge on any atom is -0.465 e. The van der Waals surface area contributed by atoms with Gasteiger partial charge in [-0.3, -0.25) is 19.8 Å². The molecule has 0 atom stereocenters. The number of methoxy groups -OCH3 is 1. The van der Waals surface area contributed by atoms with Crippen LogP contribution in [0.25, 0.3) is 11.8 Å². The van der Waals surface area contributed by atoms with E-state index >= 15 is 0 Å². The lowest BCUT2D eigenvalue weighted by molar-refractivity contribution is -0.122. The van der Waals surface area contributed by atoms with E-state index in [4.69, 9.17) is 40.2 Å². The lowest BCUT2D eigenvalue weighted by Crippen LogP contribution is -2.54. The maximum absolute atomic E-state index is 13.4. The Morgan fingerprint density at radius 1 is 1.06 bits per heavy atom. The van der Waals surface area contributed by atoms with Gasteiger partial charge in [-0.2, -0.15) is 0 Å². The summed E-state index contributed by atoms with van der Waals surface area (Å²) < 4.78 is 6.79. The first-order valence-electron chi connectivity index (χ1n) is 10.8. The molecular formula is C26H21Cl2N3O4S. The van der Waals surface area contributed by atoms with Gasteiger partial charge in [-0.25, -0.2) is 4.79 Å². The second-order valence-electron chi connectivity index (χ2n) is 8.19. The first-order valence-corrected chi connectivity index (χ1v) is 11.9. The van der Waals surface area contributed by atoms with Crippen LogP contribution in [0.5, 0.6) is 0 Å². The van der Waals surface area contributed by atoms with Crippen molar-refractivity contribution in [3.8, 4) is 5.69 Å². The molecule has 0 bridgehead atoms. The number of halogens is 2. The molecule has 4 rings (SSSR count). The Morgan fingerprint density at radius 2 is 1.78 bits per heavy atom. The molecule has 0 unspecified atom stereocenters. The van der Waals surface area contributed by atoms with Crippen molar-refractivity contribution < 1.29 is 19.1 Å². The largest absolute Gasteiger partial charge is 0.465 e. The molecule has 10 heteroatoms. The third kappa shape index (κ3) is 4.43. The quantitative estimate of drug-likeness (QED) is 0.209. The summed E-state index contributed by atoms with van der Waals surface area (Å²) >= 11 is 17.7. The zero-order chi connectivity index (χ0) is 26.3. The van der Waals surface area contributed by atoms with E-state index in [-0.39, 0.29) is 26.4 Å². The van der Waals surface area contributed by atoms with E-state index < -0.39 is 17.8 Å². The molecule has 36 heavy (non-hydrogen) atoms. The van der Waals surface area contributed by atoms with Crippen molar-refractivity contribution >= 4 is 70.1 Å². The van der Waals surface area contributed by atoms with Crippen LogP contribution in [-0.2, 0) is 14.3 Å². The summed E-state index contributed by atoms with van der Waals surface area (Å²) in [4.78, 5) is 39.3. The molecule has 1 aliphatic heterocycles. The van der Waals surface area contributed by atoms with Gasteiger partial charge in [0.05, 0.1) is 28.4 Å². The van der Waals surface area contributed by atoms with Gasteiger partial charge < -0.3 is 9.30 Å². The molecule has 2 amide bonds. The number of nitrogens with one attached hydrogen (secondary N) is 1. The number of carbonyl (C=O) groups is 3. The van der Waals surface area contributed by atoms with Gasteiger partial charge in [0.25, 0.3) is 11.8 Å². The molecule has 1 aromatic heterocycles. The third-order valence-corrected chi connectivity index (χ3v) is 7.00. The van der Waals surface area contributed by atoms with Gasteiger partial charge in [0.15, 0.2) is 5.11 Å². The maximum Gasteiger partial charge on any atom is 0.337 e. The van der Waals surface area contributed by atoms with Crippen molar-refractivity contribution in [3.05, 3.63) is 86.2 Å². The lowest BCUT2D eigenvalue weighted by Gasteiger charge is -2.29. The number of hydrogen-bond donors (Lipinski definition) is 1. The zero-order valence-electron chi connectivity index (χ0n) is 19.8. The van der Waals surface area contributed by atoms with Crippen molar-refractivity contribution in [2.75, 3.05) is 12.0 Å². The summed E-state index contributed by atoms with van der Waals surface area (Å²) in [7, 11) is 1.34. The topological polar surface area (TPSA) is 80.6 Å². The molecule has 2 heterocycles. The number of aryl methyl sites for hydroxylation is 2. The summed E-state index contributed by atoms with van der Waals surface area (Å²) in [5, 5.41) is 2.87. The van der Waals surface area contributed by atoms with Gasteiger partial charge in [0, 0.05) is 17.1 Å². The predicted octanol–water partition coefficient (Wildman–Crippen LogP) is 5.33. The number of nitrogens with zero attached hydrogens (tertiary/aromatic N) is 2. The Balaban J connectivity index is 1.77. The molecule has 0 spiro atoms. The molecule has 1 aliphatic rings. The molecule has 184 valence electrons. The van der Waals surface area contributed by atoms with Crippen molar-refractivity contribution in [1.29, 1.82) is 0 Å². The van der Waals surface area contributed by atoms with E-state index in [0.29, 0.717) is 11.1 Å². The van der Waals surface area contributed by atoms with Crippen molar-refractivity contribution in [3.63, 3.8) is 0 Å². The number of amides is 2. The molecular weight excluding hydrogens is 521 g/mol. The summed E-state index contributed by atoms with van der Waals surface area (Å²) in [5.74, 6) is -1.64. The fourth-order valence-electron chi connectivity index (χ4n) is 4.15. The fraction of sp³-hybridized carbons (Fsp3) is 0.154. The molecule has 1 saturated heterocycles. The Labute approximate surface area is 223 Å². The standard InChI is InChI=1S/C26H21Cl2N3O4S/c1-13-10-16(25(34)35-4)8-9-20(13)30-14(2)11-17(15(30)3)12-18-23(32)29-26(36)31(24(18)33)21-7-5-6-19(27)22(21)28/h5-12H,1-4H3,(H,29,32,36)/b18-12-. The Hall–Kier alpha value is -3.46. The molecule has 1 N–H and O–H groups in total. The Kier molecular flexibility index (Phi) is 7.04. The number of esters is 1. The van der Waals surface area contributed by atoms with Crippen molar-refractivity contribution in [2.45, 2.75) is 20.8 Å². The van der Waals surface area contributed by atoms with Crippen molar-refractivity contribution in [1.82, 2.24) is 9.88 Å². The Bertz CT molecular complexity index is 1490. The van der Waals surface area contributed by atoms with Crippen LogP contribution in [0.4, 0.5) is 5.69 Å². The van der Waals surface area contributed by atoms with Gasteiger partial charge in [-0.1, -0.05) is 29.3 Å². The summed E-state index contributed by atoms with van der Waals surface area (Å²) in [5.41, 5.74) is 4.69. The minimum atomic E-state index is -0.615. The van der Waals surface area contributed by atoms with Crippen LogP contribution in [0.1, 0.15) is 32.9 Å². The normalized spacial score (nSPS) is 14.9. The van der Waals surface area contributed by atoms with Crippen LogP contribution < -0.4 is 10.2 Å². The van der Waals surface area contributed by atoms with Crippen LogP contribution in [0.3, 0.4) is 0 Å². The highest BCUT2D eigenvalue weighted by molar-refractivity contribution is 7.80. The van der Waals surface area contributed by atoms with E-state index in [2.05, 4.69) is 5.32 Å². The number of carbonyl (C=O) groups excluding carboxylic acids is 3. The smallest absolute Gasteiger partial charge is 0.337 e. The summed E-state index contributed by atoms with van der Waals surface area (Å²) in [6.45, 7) is 5.69. The monoisotopic (exact) mass is 541 g/mol. The van der Waals surface area contributed by atoms with Gasteiger partial charge in [-0.05, 0) is 86.6 Å². The van der Waals surface area contributed by atoms with E-state index in [9.17, 15) is 14.4 Å².